The summed E-state index contributed by atoms with van der Waals surface area (Å²) < 4.78 is 24.5. The lowest BCUT2D eigenvalue weighted by molar-refractivity contribution is 0.262. The van der Waals surface area contributed by atoms with Crippen molar-refractivity contribution in [2.75, 3.05) is 35.7 Å². The van der Waals surface area contributed by atoms with Crippen LogP contribution in [0.15, 0.2) is 18.2 Å². The van der Waals surface area contributed by atoms with Crippen molar-refractivity contribution in [2.45, 2.75) is 25.3 Å². The lowest BCUT2D eigenvalue weighted by atomic mass is 10.1. The summed E-state index contributed by atoms with van der Waals surface area (Å²) in [5.41, 5.74) is 3.78. The Balaban J connectivity index is 1.78. The molecule has 0 spiro atoms. The van der Waals surface area contributed by atoms with Crippen LogP contribution >= 0.6 is 11.8 Å². The molecular formula is C15H22N2O2S2. The molecule has 1 N–H and O–H groups in total. The highest BCUT2D eigenvalue weighted by atomic mass is 32.2. The zero-order valence-corrected chi connectivity index (χ0v) is 14.0. The van der Waals surface area contributed by atoms with Gasteiger partial charge < -0.3 is 5.32 Å². The van der Waals surface area contributed by atoms with Crippen LogP contribution in [0.5, 0.6) is 0 Å². The van der Waals surface area contributed by atoms with Gasteiger partial charge in [0.25, 0.3) is 0 Å². The summed E-state index contributed by atoms with van der Waals surface area (Å²) in [5.74, 6) is 1.93. The second-order valence-corrected chi connectivity index (χ2v) is 9.22. The summed E-state index contributed by atoms with van der Waals surface area (Å²) in [6.07, 6.45) is 1.09. The maximum atomic E-state index is 12.3. The Morgan fingerprint density at radius 3 is 3.10 bits per heavy atom. The molecule has 1 unspecified atom stereocenters. The molecule has 1 aromatic carbocycles. The third-order valence-corrected chi connectivity index (χ3v) is 7.61. The van der Waals surface area contributed by atoms with Crippen molar-refractivity contribution in [2.24, 2.45) is 0 Å². The Kier molecular flexibility index (Phi) is 4.47. The fourth-order valence-electron chi connectivity index (χ4n) is 2.99. The van der Waals surface area contributed by atoms with Gasteiger partial charge in [-0.15, -0.1) is 0 Å². The molecule has 3 rings (SSSR count). The molecule has 2 aliphatic rings. The number of nitrogens with zero attached hydrogens (tertiary/aromatic N) is 1. The van der Waals surface area contributed by atoms with E-state index in [1.807, 2.05) is 0 Å². The topological polar surface area (TPSA) is 49.4 Å². The molecular weight excluding hydrogens is 304 g/mol. The van der Waals surface area contributed by atoms with Crippen LogP contribution < -0.4 is 5.32 Å². The lowest BCUT2D eigenvalue weighted by Crippen LogP contribution is -2.47. The van der Waals surface area contributed by atoms with Gasteiger partial charge in [-0.05, 0) is 23.6 Å². The number of nitrogens with one attached hydrogen (secondary N) is 1. The van der Waals surface area contributed by atoms with Gasteiger partial charge in [0.15, 0.2) is 9.84 Å². The van der Waals surface area contributed by atoms with E-state index in [2.05, 4.69) is 28.4 Å². The third-order valence-electron chi connectivity index (χ3n) is 4.28. The molecule has 0 bridgehead atoms. The Labute approximate surface area is 131 Å². The monoisotopic (exact) mass is 326 g/mol. The van der Waals surface area contributed by atoms with E-state index in [9.17, 15) is 8.42 Å². The first kappa shape index (κ1) is 15.2. The summed E-state index contributed by atoms with van der Waals surface area (Å²) in [6, 6.07) is 6.50. The van der Waals surface area contributed by atoms with Crippen molar-refractivity contribution in [1.82, 2.24) is 4.90 Å². The molecule has 1 saturated heterocycles. The van der Waals surface area contributed by atoms with Crippen LogP contribution in [0.25, 0.3) is 0 Å². The van der Waals surface area contributed by atoms with Gasteiger partial charge in [-0.3, -0.25) is 4.90 Å². The van der Waals surface area contributed by atoms with Crippen molar-refractivity contribution < 1.29 is 8.42 Å². The van der Waals surface area contributed by atoms with Crippen LogP contribution in [0.4, 0.5) is 5.69 Å². The molecule has 116 valence electrons. The second-order valence-electron chi connectivity index (χ2n) is 5.62. The van der Waals surface area contributed by atoms with Crippen LogP contribution in [0.2, 0.25) is 0 Å². The molecule has 21 heavy (non-hydrogen) atoms. The fourth-order valence-corrected chi connectivity index (χ4v) is 6.07. The van der Waals surface area contributed by atoms with Crippen molar-refractivity contribution in [3.8, 4) is 0 Å². The van der Waals surface area contributed by atoms with E-state index in [1.54, 1.807) is 18.7 Å². The second kappa shape index (κ2) is 6.18. The van der Waals surface area contributed by atoms with E-state index in [1.165, 1.54) is 16.8 Å². The molecule has 2 heterocycles. The minimum Gasteiger partial charge on any atom is -0.384 e. The highest BCUT2D eigenvalue weighted by Gasteiger charge is 2.32. The highest BCUT2D eigenvalue weighted by molar-refractivity contribution is 8.01. The molecule has 0 saturated carbocycles. The maximum absolute atomic E-state index is 12.3. The molecule has 2 aliphatic heterocycles. The smallest absolute Gasteiger partial charge is 0.166 e. The Morgan fingerprint density at radius 1 is 1.43 bits per heavy atom. The first-order chi connectivity index (χ1) is 10.1. The van der Waals surface area contributed by atoms with Crippen molar-refractivity contribution in [1.29, 1.82) is 0 Å². The van der Waals surface area contributed by atoms with E-state index < -0.39 is 9.84 Å². The average molecular weight is 326 g/mol. The standard InChI is InChI=1S/C15H22N2O2S2/c1-2-21(18,19)15-11-20-8-7-17(15)10-12-3-4-13-5-6-16-14(13)9-12/h3-4,9,15-16H,2,5-8,10-11H2,1H3. The molecule has 0 aliphatic carbocycles. The van der Waals surface area contributed by atoms with Gasteiger partial charge in [-0.2, -0.15) is 11.8 Å². The molecule has 0 amide bonds. The van der Waals surface area contributed by atoms with Crippen molar-refractivity contribution in [3.05, 3.63) is 29.3 Å². The molecule has 0 aromatic heterocycles. The summed E-state index contributed by atoms with van der Waals surface area (Å²) in [5, 5.41) is 3.06. The van der Waals surface area contributed by atoms with Crippen LogP contribution in [-0.4, -0.2) is 49.0 Å². The number of anilines is 1. The lowest BCUT2D eigenvalue weighted by Gasteiger charge is -2.34. The predicted octanol–water partition coefficient (Wildman–Crippen LogP) is 1.96. The fraction of sp³-hybridized carbons (Fsp3) is 0.600. The molecule has 1 atom stereocenters. The summed E-state index contributed by atoms with van der Waals surface area (Å²) in [6.45, 7) is 4.32. The van der Waals surface area contributed by atoms with Gasteiger partial charge >= 0.3 is 0 Å². The first-order valence-electron chi connectivity index (χ1n) is 7.49. The third kappa shape index (κ3) is 3.22. The number of thioether (sulfide) groups is 1. The zero-order valence-electron chi connectivity index (χ0n) is 12.3. The van der Waals surface area contributed by atoms with Crippen LogP contribution in [0, 0.1) is 0 Å². The minimum atomic E-state index is -3.01. The maximum Gasteiger partial charge on any atom is 0.166 e. The van der Waals surface area contributed by atoms with Gasteiger partial charge in [0.2, 0.25) is 0 Å². The summed E-state index contributed by atoms with van der Waals surface area (Å²) in [4.78, 5) is 2.13. The number of hydrogen-bond acceptors (Lipinski definition) is 5. The SMILES string of the molecule is CCS(=O)(=O)C1CSCCN1Cc1ccc2c(c1)NCC2. The van der Waals surface area contributed by atoms with Crippen LogP contribution in [0.1, 0.15) is 18.1 Å². The molecule has 1 fully saturated rings. The predicted molar refractivity (Wildman–Crippen MR) is 89.6 cm³/mol. The average Bonchev–Trinajstić information content (AvgIpc) is 2.95. The normalized spacial score (nSPS) is 22.8. The van der Waals surface area contributed by atoms with Gasteiger partial charge in [-0.25, -0.2) is 8.42 Å². The molecule has 6 heteroatoms. The minimum absolute atomic E-state index is 0.223. The number of fused-ring (bicyclic) bond motifs is 1. The van der Waals surface area contributed by atoms with E-state index in [0.717, 1.165) is 31.8 Å². The number of hydrogen-bond donors (Lipinski definition) is 1. The Morgan fingerprint density at radius 2 is 2.29 bits per heavy atom. The largest absolute Gasteiger partial charge is 0.384 e. The Hall–Kier alpha value is -0.720. The highest BCUT2D eigenvalue weighted by Crippen LogP contribution is 2.27. The van der Waals surface area contributed by atoms with Gasteiger partial charge in [0.1, 0.15) is 5.37 Å². The van der Waals surface area contributed by atoms with E-state index in [-0.39, 0.29) is 11.1 Å². The summed E-state index contributed by atoms with van der Waals surface area (Å²) in [7, 11) is -3.01. The van der Waals surface area contributed by atoms with Crippen LogP contribution in [-0.2, 0) is 22.8 Å². The number of rotatable bonds is 4. The first-order valence-corrected chi connectivity index (χ1v) is 10.4. The Bertz CT molecular complexity index is 616. The van der Waals surface area contributed by atoms with Gasteiger partial charge in [0, 0.05) is 42.6 Å². The van der Waals surface area contributed by atoms with Gasteiger partial charge in [-0.1, -0.05) is 19.1 Å². The number of sulfone groups is 1. The number of benzene rings is 1. The molecule has 0 radical (unpaired) electrons. The van der Waals surface area contributed by atoms with E-state index in [4.69, 9.17) is 0 Å². The van der Waals surface area contributed by atoms with Gasteiger partial charge in [0.05, 0.1) is 0 Å². The quantitative estimate of drug-likeness (QED) is 0.917. The summed E-state index contributed by atoms with van der Waals surface area (Å²) >= 11 is 1.75. The van der Waals surface area contributed by atoms with E-state index in [0.29, 0.717) is 5.75 Å². The zero-order chi connectivity index (χ0) is 14.9. The molecule has 4 nitrogen and oxygen atoms in total. The van der Waals surface area contributed by atoms with Crippen molar-refractivity contribution >= 4 is 27.3 Å². The van der Waals surface area contributed by atoms with Crippen molar-refractivity contribution in [3.63, 3.8) is 0 Å². The van der Waals surface area contributed by atoms with Crippen LogP contribution in [0.3, 0.4) is 0 Å². The van der Waals surface area contributed by atoms with E-state index >= 15 is 0 Å². The molecule has 1 aromatic rings.